The summed E-state index contributed by atoms with van der Waals surface area (Å²) in [5.74, 6) is -0.186. The number of para-hydroxylation sites is 1. The van der Waals surface area contributed by atoms with Gasteiger partial charge in [0.1, 0.15) is 5.82 Å². The molecule has 0 spiro atoms. The Hall–Kier alpha value is -3.75. The van der Waals surface area contributed by atoms with Crippen molar-refractivity contribution in [2.24, 2.45) is 0 Å². The molecular weight excluding hydrogens is 407 g/mol. The molecule has 0 aliphatic carbocycles. The first-order valence-corrected chi connectivity index (χ1v) is 9.58. The van der Waals surface area contributed by atoms with E-state index in [1.807, 2.05) is 19.1 Å². The molecule has 0 fully saturated rings. The largest absolute Gasteiger partial charge is 0.419 e. The number of hydrogen-bond acceptors (Lipinski definition) is 5. The van der Waals surface area contributed by atoms with Gasteiger partial charge in [0, 0.05) is 37.2 Å². The second-order valence-corrected chi connectivity index (χ2v) is 6.60. The third kappa shape index (κ3) is 5.44. The van der Waals surface area contributed by atoms with Crippen LogP contribution >= 0.6 is 0 Å². The fourth-order valence-electron chi connectivity index (χ4n) is 2.95. The molecule has 6 nitrogen and oxygen atoms in total. The van der Waals surface area contributed by atoms with Crippen LogP contribution in [-0.4, -0.2) is 24.5 Å². The number of anilines is 5. The zero-order valence-electron chi connectivity index (χ0n) is 17.0. The minimum atomic E-state index is -4.62. The number of rotatable bonds is 7. The van der Waals surface area contributed by atoms with Crippen LogP contribution in [-0.2, 0) is 6.18 Å². The van der Waals surface area contributed by atoms with Crippen molar-refractivity contribution < 1.29 is 18.0 Å². The van der Waals surface area contributed by atoms with E-state index in [9.17, 15) is 18.0 Å². The average Bonchev–Trinajstić information content (AvgIpc) is 2.74. The van der Waals surface area contributed by atoms with Crippen LogP contribution in [0.4, 0.5) is 41.7 Å². The number of pyridine rings is 1. The lowest BCUT2D eigenvalue weighted by Gasteiger charge is -2.17. The van der Waals surface area contributed by atoms with Gasteiger partial charge >= 0.3 is 6.18 Å². The van der Waals surface area contributed by atoms with E-state index in [-0.39, 0.29) is 22.8 Å². The van der Waals surface area contributed by atoms with Gasteiger partial charge in [0.2, 0.25) is 0 Å². The van der Waals surface area contributed by atoms with E-state index in [1.165, 1.54) is 25.2 Å². The van der Waals surface area contributed by atoms with E-state index in [1.54, 1.807) is 24.3 Å². The summed E-state index contributed by atoms with van der Waals surface area (Å²) in [6.45, 7) is 2.76. The molecule has 0 saturated carbocycles. The van der Waals surface area contributed by atoms with Crippen molar-refractivity contribution in [2.75, 3.05) is 29.5 Å². The summed E-state index contributed by atoms with van der Waals surface area (Å²) in [4.78, 5) is 16.0. The number of amides is 1. The van der Waals surface area contributed by atoms with Gasteiger partial charge in [-0.15, -0.1) is 0 Å². The van der Waals surface area contributed by atoms with Crippen LogP contribution in [0.1, 0.15) is 22.8 Å². The molecule has 2 aromatic carbocycles. The maximum atomic E-state index is 13.6. The van der Waals surface area contributed by atoms with Crippen molar-refractivity contribution in [3.05, 3.63) is 71.9 Å². The lowest BCUT2D eigenvalue weighted by Crippen LogP contribution is -2.19. The molecule has 0 aliphatic rings. The molecule has 0 aliphatic heterocycles. The number of aromatic nitrogens is 1. The van der Waals surface area contributed by atoms with Crippen molar-refractivity contribution in [3.63, 3.8) is 0 Å². The predicted octanol–water partition coefficient (Wildman–Crippen LogP) is 5.38. The molecule has 162 valence electrons. The molecule has 3 rings (SSSR count). The number of benzene rings is 2. The van der Waals surface area contributed by atoms with E-state index in [0.717, 1.165) is 18.4 Å². The smallest absolute Gasteiger partial charge is 0.385 e. The molecule has 0 saturated heterocycles. The minimum Gasteiger partial charge on any atom is -0.385 e. The van der Waals surface area contributed by atoms with Gasteiger partial charge in [-0.25, -0.2) is 4.98 Å². The lowest BCUT2D eigenvalue weighted by molar-refractivity contribution is -0.137. The Bertz CT molecular complexity index is 1050. The summed E-state index contributed by atoms with van der Waals surface area (Å²) in [5, 5.41) is 11.4. The van der Waals surface area contributed by atoms with E-state index in [0.29, 0.717) is 5.69 Å². The van der Waals surface area contributed by atoms with Crippen LogP contribution in [0.15, 0.2) is 60.8 Å². The molecule has 4 N–H and O–H groups in total. The van der Waals surface area contributed by atoms with Crippen LogP contribution in [0.3, 0.4) is 0 Å². The highest BCUT2D eigenvalue weighted by atomic mass is 19.4. The summed E-state index contributed by atoms with van der Waals surface area (Å²) in [5.41, 5.74) is 0.924. The molecule has 0 atom stereocenters. The zero-order valence-corrected chi connectivity index (χ0v) is 17.0. The van der Waals surface area contributed by atoms with Crippen molar-refractivity contribution >= 4 is 34.5 Å². The number of nitrogens with one attached hydrogen (secondary N) is 4. The van der Waals surface area contributed by atoms with Crippen molar-refractivity contribution in [2.45, 2.75) is 13.1 Å². The zero-order chi connectivity index (χ0) is 22.4. The van der Waals surface area contributed by atoms with Gasteiger partial charge < -0.3 is 21.3 Å². The summed E-state index contributed by atoms with van der Waals surface area (Å²) in [7, 11) is 1.45. The second-order valence-electron chi connectivity index (χ2n) is 6.60. The van der Waals surface area contributed by atoms with Crippen LogP contribution in [0, 0.1) is 0 Å². The van der Waals surface area contributed by atoms with E-state index >= 15 is 0 Å². The maximum Gasteiger partial charge on any atom is 0.419 e. The van der Waals surface area contributed by atoms with Gasteiger partial charge in [-0.2, -0.15) is 13.2 Å². The van der Waals surface area contributed by atoms with Crippen LogP contribution < -0.4 is 21.3 Å². The maximum absolute atomic E-state index is 13.6. The number of nitrogens with zero attached hydrogens (tertiary/aromatic N) is 1. The number of carbonyl (C=O) groups is 1. The molecule has 3 aromatic rings. The average molecular weight is 429 g/mol. The first-order chi connectivity index (χ1) is 14.8. The number of carbonyl (C=O) groups excluding carboxylic acids is 1. The monoisotopic (exact) mass is 429 g/mol. The Balaban J connectivity index is 1.94. The van der Waals surface area contributed by atoms with Crippen molar-refractivity contribution in [1.29, 1.82) is 0 Å². The Morgan fingerprint density at radius 2 is 1.65 bits per heavy atom. The van der Waals surface area contributed by atoms with E-state index in [4.69, 9.17) is 0 Å². The van der Waals surface area contributed by atoms with Gasteiger partial charge in [0.25, 0.3) is 5.91 Å². The Morgan fingerprint density at radius 1 is 0.968 bits per heavy atom. The minimum absolute atomic E-state index is 0.217. The Morgan fingerprint density at radius 3 is 2.29 bits per heavy atom. The third-order valence-corrected chi connectivity index (χ3v) is 4.42. The molecular formula is C22H22F3N5O. The van der Waals surface area contributed by atoms with Gasteiger partial charge in [-0.05, 0) is 43.3 Å². The summed E-state index contributed by atoms with van der Waals surface area (Å²) >= 11 is 0. The highest BCUT2D eigenvalue weighted by Gasteiger charge is 2.34. The highest BCUT2D eigenvalue weighted by molar-refractivity contribution is 6.00. The molecule has 1 heterocycles. The standard InChI is InChI=1S/C22H22F3N5O/c1-3-27-14-8-10-15(11-9-14)29-20-12-19(17(13-28-20)22(23,24)25)30-18-7-5-4-6-16(18)21(31)26-2/h4-13,27H,3H2,1-2H3,(H,26,31)(H2,28,29,30). The summed E-state index contributed by atoms with van der Waals surface area (Å²) in [6.07, 6.45) is -3.86. The fourth-order valence-corrected chi connectivity index (χ4v) is 2.95. The van der Waals surface area contributed by atoms with Gasteiger partial charge in [0.15, 0.2) is 0 Å². The third-order valence-electron chi connectivity index (χ3n) is 4.42. The second kappa shape index (κ2) is 9.38. The lowest BCUT2D eigenvalue weighted by atomic mass is 10.1. The highest BCUT2D eigenvalue weighted by Crippen LogP contribution is 2.37. The van der Waals surface area contributed by atoms with Crippen molar-refractivity contribution in [1.82, 2.24) is 10.3 Å². The normalized spacial score (nSPS) is 11.0. The number of alkyl halides is 3. The van der Waals surface area contributed by atoms with Gasteiger partial charge in [-0.1, -0.05) is 12.1 Å². The molecule has 1 amide bonds. The fraction of sp³-hybridized carbons (Fsp3) is 0.182. The van der Waals surface area contributed by atoms with Crippen LogP contribution in [0.5, 0.6) is 0 Å². The topological polar surface area (TPSA) is 78.1 Å². The quantitative estimate of drug-likeness (QED) is 0.406. The molecule has 0 radical (unpaired) electrons. The molecule has 1 aromatic heterocycles. The number of halogens is 3. The Labute approximate surface area is 177 Å². The summed E-state index contributed by atoms with van der Waals surface area (Å²) in [6, 6.07) is 14.9. The van der Waals surface area contributed by atoms with Crippen LogP contribution in [0.2, 0.25) is 0 Å². The molecule has 0 unspecified atom stereocenters. The molecule has 0 bridgehead atoms. The van der Waals surface area contributed by atoms with Gasteiger partial charge in [0.05, 0.1) is 22.5 Å². The molecule has 9 heteroatoms. The van der Waals surface area contributed by atoms with Gasteiger partial charge in [-0.3, -0.25) is 4.79 Å². The van der Waals surface area contributed by atoms with E-state index < -0.39 is 17.6 Å². The first kappa shape index (κ1) is 21.9. The first-order valence-electron chi connectivity index (χ1n) is 9.58. The molecule has 31 heavy (non-hydrogen) atoms. The predicted molar refractivity (Wildman–Crippen MR) is 116 cm³/mol. The SMILES string of the molecule is CCNc1ccc(Nc2cc(Nc3ccccc3C(=O)NC)c(C(F)(F)F)cn2)cc1. The van der Waals surface area contributed by atoms with Crippen LogP contribution in [0.25, 0.3) is 0 Å². The summed E-state index contributed by atoms with van der Waals surface area (Å²) < 4.78 is 40.7. The number of hydrogen-bond donors (Lipinski definition) is 4. The Kier molecular flexibility index (Phi) is 6.64. The van der Waals surface area contributed by atoms with E-state index in [2.05, 4.69) is 26.3 Å². The van der Waals surface area contributed by atoms with Crippen molar-refractivity contribution in [3.8, 4) is 0 Å².